The van der Waals surface area contributed by atoms with Gasteiger partial charge < -0.3 is 15.0 Å². The molecule has 3 heterocycles. The summed E-state index contributed by atoms with van der Waals surface area (Å²) in [5.41, 5.74) is 1.32. The van der Waals surface area contributed by atoms with E-state index in [2.05, 4.69) is 27.3 Å². The molecule has 1 aromatic heterocycles. The van der Waals surface area contributed by atoms with Gasteiger partial charge in [-0.1, -0.05) is 30.3 Å². The van der Waals surface area contributed by atoms with E-state index in [4.69, 9.17) is 4.74 Å². The Morgan fingerprint density at radius 1 is 1.20 bits per heavy atom. The van der Waals surface area contributed by atoms with Crippen LogP contribution in [0.1, 0.15) is 28.4 Å². The summed E-state index contributed by atoms with van der Waals surface area (Å²) < 4.78 is 6.03. The molecule has 0 bridgehead atoms. The van der Waals surface area contributed by atoms with E-state index in [-0.39, 0.29) is 23.6 Å². The number of rotatable bonds is 3. The van der Waals surface area contributed by atoms with Gasteiger partial charge in [-0.3, -0.25) is 14.5 Å². The maximum Gasteiger partial charge on any atom is 0.251 e. The van der Waals surface area contributed by atoms with Crippen molar-refractivity contribution >= 4 is 5.91 Å². The number of fused-ring (bicyclic) bond motifs is 1. The number of carbonyl (C=O) groups is 1. The molecule has 1 aromatic carbocycles. The number of amides is 1. The van der Waals surface area contributed by atoms with Gasteiger partial charge in [0, 0.05) is 43.0 Å². The number of aromatic nitrogens is 1. The maximum absolute atomic E-state index is 12.3. The normalized spacial score (nSPS) is 26.2. The molecular weight excluding hydrogens is 318 g/mol. The molecule has 2 aromatic rings. The summed E-state index contributed by atoms with van der Waals surface area (Å²) in [6, 6.07) is 13.6. The van der Waals surface area contributed by atoms with Crippen molar-refractivity contribution in [2.75, 3.05) is 19.7 Å². The maximum atomic E-state index is 12.3. The van der Waals surface area contributed by atoms with Crippen molar-refractivity contribution < 1.29 is 9.53 Å². The fraction of sp³-hybridized carbons (Fsp3) is 0.368. The highest BCUT2D eigenvalue weighted by Crippen LogP contribution is 2.30. The monoisotopic (exact) mass is 339 g/mol. The minimum absolute atomic E-state index is 0.0786. The van der Waals surface area contributed by atoms with Crippen LogP contribution >= 0.6 is 0 Å². The lowest BCUT2D eigenvalue weighted by Gasteiger charge is -2.35. The van der Waals surface area contributed by atoms with E-state index < -0.39 is 0 Å². The molecular formula is C19H21N3O3. The molecule has 2 N–H and O–H groups in total. The zero-order chi connectivity index (χ0) is 17.2. The van der Waals surface area contributed by atoms with E-state index in [0.29, 0.717) is 18.2 Å². The summed E-state index contributed by atoms with van der Waals surface area (Å²) in [7, 11) is 0. The Hall–Kier alpha value is -2.44. The third-order valence-electron chi connectivity index (χ3n) is 4.96. The van der Waals surface area contributed by atoms with Crippen LogP contribution < -0.4 is 10.9 Å². The van der Waals surface area contributed by atoms with Gasteiger partial charge in [-0.2, -0.15) is 0 Å². The Kier molecular flexibility index (Phi) is 4.38. The highest BCUT2D eigenvalue weighted by Gasteiger charge is 2.38. The number of nitrogens with zero attached hydrogens (tertiary/aromatic N) is 1. The van der Waals surface area contributed by atoms with E-state index in [1.165, 1.54) is 17.8 Å². The predicted molar refractivity (Wildman–Crippen MR) is 93.4 cm³/mol. The van der Waals surface area contributed by atoms with Gasteiger partial charge in [-0.25, -0.2) is 0 Å². The van der Waals surface area contributed by atoms with Gasteiger partial charge in [0.2, 0.25) is 5.56 Å². The number of aromatic amines is 1. The summed E-state index contributed by atoms with van der Waals surface area (Å²) in [5.74, 6) is -0.198. The van der Waals surface area contributed by atoms with E-state index in [1.54, 1.807) is 6.07 Å². The van der Waals surface area contributed by atoms with E-state index >= 15 is 0 Å². The van der Waals surface area contributed by atoms with Crippen LogP contribution in [0.25, 0.3) is 0 Å². The van der Waals surface area contributed by atoms with Crippen molar-refractivity contribution in [2.24, 2.45) is 0 Å². The van der Waals surface area contributed by atoms with E-state index in [0.717, 1.165) is 19.5 Å². The lowest BCUT2D eigenvalue weighted by atomic mass is 10.1. The molecule has 1 amide bonds. The van der Waals surface area contributed by atoms with Crippen LogP contribution in [0.5, 0.6) is 0 Å². The minimum Gasteiger partial charge on any atom is -0.371 e. The number of benzene rings is 1. The van der Waals surface area contributed by atoms with Gasteiger partial charge >= 0.3 is 0 Å². The average Bonchev–Trinajstić information content (AvgIpc) is 3.03. The standard InChI is InChI=1S/C19H21N3O3/c23-18-8-14(6-7-20-18)19(24)21-15-9-16-12-25-17(11-22(16)10-15)13-4-2-1-3-5-13/h1-8,15-17H,9-12H2,(H,20,23)(H,21,24)/t15-,16+,17-/m1/s1. The number of hydrogen-bond acceptors (Lipinski definition) is 4. The molecule has 130 valence electrons. The highest BCUT2D eigenvalue weighted by molar-refractivity contribution is 5.94. The molecule has 0 saturated carbocycles. The molecule has 2 aliphatic heterocycles. The lowest BCUT2D eigenvalue weighted by Crippen LogP contribution is -2.43. The third-order valence-corrected chi connectivity index (χ3v) is 4.96. The van der Waals surface area contributed by atoms with Gasteiger partial charge in [-0.05, 0) is 18.1 Å². The van der Waals surface area contributed by atoms with Crippen molar-refractivity contribution in [3.63, 3.8) is 0 Å². The Morgan fingerprint density at radius 3 is 2.84 bits per heavy atom. The fourth-order valence-corrected chi connectivity index (χ4v) is 3.70. The first kappa shape index (κ1) is 16.1. The second-order valence-electron chi connectivity index (χ2n) is 6.69. The largest absolute Gasteiger partial charge is 0.371 e. The highest BCUT2D eigenvalue weighted by atomic mass is 16.5. The summed E-state index contributed by atoms with van der Waals surface area (Å²) >= 11 is 0. The molecule has 6 heteroatoms. The minimum atomic E-state index is -0.268. The number of H-pyrrole nitrogens is 1. The smallest absolute Gasteiger partial charge is 0.251 e. The predicted octanol–water partition coefficient (Wildman–Crippen LogP) is 1.32. The first-order valence-electron chi connectivity index (χ1n) is 8.59. The fourth-order valence-electron chi connectivity index (χ4n) is 3.70. The third kappa shape index (κ3) is 3.50. The Labute approximate surface area is 145 Å². The van der Waals surface area contributed by atoms with E-state index in [9.17, 15) is 9.59 Å². The molecule has 25 heavy (non-hydrogen) atoms. The molecule has 0 unspecified atom stereocenters. The number of hydrogen-bond donors (Lipinski definition) is 2. The zero-order valence-corrected chi connectivity index (χ0v) is 13.9. The SMILES string of the molecule is O=C(N[C@@H]1C[C@H]2CO[C@@H](c3ccccc3)CN2C1)c1cc[nH]c(=O)c1. The van der Waals surface area contributed by atoms with Gasteiger partial charge in [0.15, 0.2) is 0 Å². The van der Waals surface area contributed by atoms with Crippen molar-refractivity contribution in [3.8, 4) is 0 Å². The van der Waals surface area contributed by atoms with Gasteiger partial charge in [0.1, 0.15) is 0 Å². The Morgan fingerprint density at radius 2 is 2.04 bits per heavy atom. The van der Waals surface area contributed by atoms with Crippen LogP contribution in [0, 0.1) is 0 Å². The lowest BCUT2D eigenvalue weighted by molar-refractivity contribution is -0.0502. The van der Waals surface area contributed by atoms with Crippen LogP contribution in [0.4, 0.5) is 0 Å². The number of carbonyl (C=O) groups excluding carboxylic acids is 1. The summed E-state index contributed by atoms with van der Waals surface area (Å²) in [5, 5.41) is 3.04. The Bertz CT molecular complexity index is 805. The van der Waals surface area contributed by atoms with Gasteiger partial charge in [0.05, 0.1) is 12.7 Å². The molecule has 3 atom stereocenters. The molecule has 0 spiro atoms. The van der Waals surface area contributed by atoms with Crippen molar-refractivity contribution in [1.82, 2.24) is 15.2 Å². The average molecular weight is 339 g/mol. The van der Waals surface area contributed by atoms with Crippen LogP contribution in [0.3, 0.4) is 0 Å². The summed E-state index contributed by atoms with van der Waals surface area (Å²) in [4.78, 5) is 28.6. The molecule has 2 fully saturated rings. The van der Waals surface area contributed by atoms with Gasteiger partial charge in [0.25, 0.3) is 5.91 Å². The summed E-state index contributed by atoms with van der Waals surface area (Å²) in [6.07, 6.45) is 2.45. The number of morpholine rings is 1. The van der Waals surface area contributed by atoms with Crippen LogP contribution in [-0.4, -0.2) is 47.6 Å². The molecule has 4 rings (SSSR count). The van der Waals surface area contributed by atoms with Gasteiger partial charge in [-0.15, -0.1) is 0 Å². The summed E-state index contributed by atoms with van der Waals surface area (Å²) in [6.45, 7) is 2.33. The number of nitrogens with one attached hydrogen (secondary N) is 2. The van der Waals surface area contributed by atoms with Crippen LogP contribution in [-0.2, 0) is 4.74 Å². The van der Waals surface area contributed by atoms with Crippen molar-refractivity contribution in [1.29, 1.82) is 0 Å². The Balaban J connectivity index is 1.38. The van der Waals surface area contributed by atoms with Crippen molar-refractivity contribution in [3.05, 3.63) is 70.1 Å². The molecule has 6 nitrogen and oxygen atoms in total. The van der Waals surface area contributed by atoms with E-state index in [1.807, 2.05) is 18.2 Å². The number of ether oxygens (including phenoxy) is 1. The quantitative estimate of drug-likeness (QED) is 0.884. The molecule has 0 aliphatic carbocycles. The first-order chi connectivity index (χ1) is 12.2. The second kappa shape index (κ2) is 6.82. The number of pyridine rings is 1. The zero-order valence-electron chi connectivity index (χ0n) is 13.9. The second-order valence-corrected chi connectivity index (χ2v) is 6.69. The molecule has 0 radical (unpaired) electrons. The first-order valence-corrected chi connectivity index (χ1v) is 8.59. The molecule has 2 saturated heterocycles. The topological polar surface area (TPSA) is 74.4 Å². The molecule has 2 aliphatic rings. The van der Waals surface area contributed by atoms with Crippen LogP contribution in [0.15, 0.2) is 53.5 Å². The van der Waals surface area contributed by atoms with Crippen molar-refractivity contribution in [2.45, 2.75) is 24.6 Å². The van der Waals surface area contributed by atoms with Crippen LogP contribution in [0.2, 0.25) is 0 Å².